The lowest BCUT2D eigenvalue weighted by atomic mass is 9.83. The zero-order chi connectivity index (χ0) is 12.2. The SMILES string of the molecule is CNC(CCc1cccc(Cl)c1)C(C)(C)C. The normalized spacial score (nSPS) is 13.8. The van der Waals surface area contributed by atoms with Crippen molar-refractivity contribution in [2.75, 3.05) is 7.05 Å². The maximum absolute atomic E-state index is 5.97. The third kappa shape index (κ3) is 4.15. The van der Waals surface area contributed by atoms with Gasteiger partial charge in [-0.25, -0.2) is 0 Å². The topological polar surface area (TPSA) is 12.0 Å². The van der Waals surface area contributed by atoms with Gasteiger partial charge in [0.25, 0.3) is 0 Å². The average molecular weight is 240 g/mol. The second-order valence-electron chi connectivity index (χ2n) is 5.38. The Kier molecular flexibility index (Phi) is 4.82. The molecule has 1 atom stereocenters. The van der Waals surface area contributed by atoms with Crippen molar-refractivity contribution in [2.45, 2.75) is 39.7 Å². The lowest BCUT2D eigenvalue weighted by Crippen LogP contribution is -2.38. The Balaban J connectivity index is 2.56. The fraction of sp³-hybridized carbons (Fsp3) is 0.571. The highest BCUT2D eigenvalue weighted by molar-refractivity contribution is 6.30. The first-order valence-electron chi connectivity index (χ1n) is 5.85. The van der Waals surface area contributed by atoms with Gasteiger partial charge in [0.1, 0.15) is 0 Å². The molecular weight excluding hydrogens is 218 g/mol. The smallest absolute Gasteiger partial charge is 0.0408 e. The quantitative estimate of drug-likeness (QED) is 0.840. The molecule has 0 aliphatic carbocycles. The minimum absolute atomic E-state index is 0.299. The number of aryl methyl sites for hydroxylation is 1. The molecule has 0 spiro atoms. The number of hydrogen-bond donors (Lipinski definition) is 1. The zero-order valence-corrected chi connectivity index (χ0v) is 11.4. The maximum atomic E-state index is 5.97. The summed E-state index contributed by atoms with van der Waals surface area (Å²) in [6, 6.07) is 8.66. The molecule has 1 unspecified atom stereocenters. The van der Waals surface area contributed by atoms with Crippen molar-refractivity contribution in [3.63, 3.8) is 0 Å². The van der Waals surface area contributed by atoms with Crippen LogP contribution in [0.1, 0.15) is 32.8 Å². The third-order valence-corrected chi connectivity index (χ3v) is 3.24. The molecule has 0 bridgehead atoms. The van der Waals surface area contributed by atoms with Gasteiger partial charge in [-0.3, -0.25) is 0 Å². The highest BCUT2D eigenvalue weighted by atomic mass is 35.5. The Morgan fingerprint density at radius 1 is 1.31 bits per heavy atom. The van der Waals surface area contributed by atoms with E-state index in [4.69, 9.17) is 11.6 Å². The van der Waals surface area contributed by atoms with Crippen molar-refractivity contribution >= 4 is 11.6 Å². The van der Waals surface area contributed by atoms with Crippen LogP contribution in [0.5, 0.6) is 0 Å². The number of halogens is 1. The summed E-state index contributed by atoms with van der Waals surface area (Å²) in [5.41, 5.74) is 1.62. The first kappa shape index (κ1) is 13.5. The van der Waals surface area contributed by atoms with E-state index in [1.807, 2.05) is 19.2 Å². The minimum Gasteiger partial charge on any atom is -0.316 e. The first-order chi connectivity index (χ1) is 7.43. The van der Waals surface area contributed by atoms with Crippen molar-refractivity contribution in [3.05, 3.63) is 34.9 Å². The predicted octanol–water partition coefficient (Wildman–Crippen LogP) is 3.91. The Labute approximate surface area is 104 Å². The summed E-state index contributed by atoms with van der Waals surface area (Å²) < 4.78 is 0. The van der Waals surface area contributed by atoms with E-state index in [0.717, 1.165) is 17.9 Å². The van der Waals surface area contributed by atoms with E-state index in [0.29, 0.717) is 11.5 Å². The first-order valence-corrected chi connectivity index (χ1v) is 6.23. The summed E-state index contributed by atoms with van der Waals surface area (Å²) in [4.78, 5) is 0. The van der Waals surface area contributed by atoms with E-state index in [1.165, 1.54) is 5.56 Å². The van der Waals surface area contributed by atoms with Crippen LogP contribution in [0.25, 0.3) is 0 Å². The van der Waals surface area contributed by atoms with Crippen LogP contribution in [0.3, 0.4) is 0 Å². The van der Waals surface area contributed by atoms with Crippen LogP contribution in [0.15, 0.2) is 24.3 Å². The Morgan fingerprint density at radius 3 is 2.50 bits per heavy atom. The van der Waals surface area contributed by atoms with Crippen LogP contribution in [-0.2, 0) is 6.42 Å². The summed E-state index contributed by atoms with van der Waals surface area (Å²) in [5.74, 6) is 0. The van der Waals surface area contributed by atoms with Crippen LogP contribution in [0.4, 0.5) is 0 Å². The molecule has 1 nitrogen and oxygen atoms in total. The number of nitrogens with one attached hydrogen (secondary N) is 1. The standard InChI is InChI=1S/C14H22ClN/c1-14(2,3)13(16-4)9-8-11-6-5-7-12(15)10-11/h5-7,10,13,16H,8-9H2,1-4H3. The van der Waals surface area contributed by atoms with Crippen LogP contribution < -0.4 is 5.32 Å². The molecule has 2 heteroatoms. The fourth-order valence-electron chi connectivity index (χ4n) is 2.01. The van der Waals surface area contributed by atoms with Gasteiger partial charge in [-0.2, -0.15) is 0 Å². The summed E-state index contributed by atoms with van der Waals surface area (Å²) in [7, 11) is 2.04. The van der Waals surface area contributed by atoms with Gasteiger partial charge in [0.2, 0.25) is 0 Å². The molecule has 0 fully saturated rings. The predicted molar refractivity (Wildman–Crippen MR) is 72.1 cm³/mol. The van der Waals surface area contributed by atoms with Gasteiger partial charge < -0.3 is 5.32 Å². The molecule has 0 aliphatic heterocycles. The van der Waals surface area contributed by atoms with Crippen molar-refractivity contribution in [1.29, 1.82) is 0 Å². The molecule has 0 aromatic heterocycles. The van der Waals surface area contributed by atoms with Crippen LogP contribution in [-0.4, -0.2) is 13.1 Å². The summed E-state index contributed by atoms with van der Waals surface area (Å²) >= 11 is 5.97. The monoisotopic (exact) mass is 239 g/mol. The molecule has 0 radical (unpaired) electrons. The molecule has 0 saturated carbocycles. The van der Waals surface area contributed by atoms with Gasteiger partial charge in [-0.05, 0) is 43.0 Å². The van der Waals surface area contributed by atoms with Gasteiger partial charge in [0, 0.05) is 11.1 Å². The lowest BCUT2D eigenvalue weighted by Gasteiger charge is -2.30. The maximum Gasteiger partial charge on any atom is 0.0408 e. The fourth-order valence-corrected chi connectivity index (χ4v) is 2.23. The van der Waals surface area contributed by atoms with Gasteiger partial charge >= 0.3 is 0 Å². The van der Waals surface area contributed by atoms with E-state index >= 15 is 0 Å². The van der Waals surface area contributed by atoms with Crippen molar-refractivity contribution in [3.8, 4) is 0 Å². The molecular formula is C14H22ClN. The zero-order valence-electron chi connectivity index (χ0n) is 10.7. The highest BCUT2D eigenvalue weighted by Gasteiger charge is 2.22. The minimum atomic E-state index is 0.299. The summed E-state index contributed by atoms with van der Waals surface area (Å²) in [5, 5.41) is 4.22. The third-order valence-electron chi connectivity index (χ3n) is 3.00. The van der Waals surface area contributed by atoms with Crippen LogP contribution >= 0.6 is 11.6 Å². The largest absolute Gasteiger partial charge is 0.316 e. The molecule has 0 aliphatic rings. The Hall–Kier alpha value is -0.530. The van der Waals surface area contributed by atoms with Gasteiger partial charge in [-0.1, -0.05) is 44.5 Å². The molecule has 90 valence electrons. The van der Waals surface area contributed by atoms with E-state index in [9.17, 15) is 0 Å². The molecule has 0 heterocycles. The molecule has 0 amide bonds. The van der Waals surface area contributed by atoms with Gasteiger partial charge in [0.15, 0.2) is 0 Å². The van der Waals surface area contributed by atoms with Gasteiger partial charge in [0.05, 0.1) is 0 Å². The van der Waals surface area contributed by atoms with E-state index in [1.54, 1.807) is 0 Å². The molecule has 0 saturated heterocycles. The van der Waals surface area contributed by atoms with Crippen LogP contribution in [0.2, 0.25) is 5.02 Å². The molecule has 1 aromatic carbocycles. The molecule has 1 aromatic rings. The average Bonchev–Trinajstić information content (AvgIpc) is 2.16. The Morgan fingerprint density at radius 2 is 2.00 bits per heavy atom. The molecule has 16 heavy (non-hydrogen) atoms. The second kappa shape index (κ2) is 5.70. The van der Waals surface area contributed by atoms with E-state index in [2.05, 4.69) is 38.2 Å². The number of benzene rings is 1. The van der Waals surface area contributed by atoms with E-state index in [-0.39, 0.29) is 0 Å². The summed E-state index contributed by atoms with van der Waals surface area (Å²) in [6.45, 7) is 6.81. The second-order valence-corrected chi connectivity index (χ2v) is 5.81. The molecule has 1 N–H and O–H groups in total. The van der Waals surface area contributed by atoms with Crippen molar-refractivity contribution in [1.82, 2.24) is 5.32 Å². The molecule has 1 rings (SSSR count). The number of rotatable bonds is 4. The van der Waals surface area contributed by atoms with Crippen molar-refractivity contribution < 1.29 is 0 Å². The number of hydrogen-bond acceptors (Lipinski definition) is 1. The Bertz CT molecular complexity index is 328. The van der Waals surface area contributed by atoms with E-state index < -0.39 is 0 Å². The summed E-state index contributed by atoms with van der Waals surface area (Å²) in [6.07, 6.45) is 2.21. The van der Waals surface area contributed by atoms with Crippen molar-refractivity contribution in [2.24, 2.45) is 5.41 Å². The highest BCUT2D eigenvalue weighted by Crippen LogP contribution is 2.23. The van der Waals surface area contributed by atoms with Crippen LogP contribution in [0, 0.1) is 5.41 Å². The lowest BCUT2D eigenvalue weighted by molar-refractivity contribution is 0.268. The van der Waals surface area contributed by atoms with Gasteiger partial charge in [-0.15, -0.1) is 0 Å².